The zero-order valence-electron chi connectivity index (χ0n) is 12.8. The fourth-order valence-electron chi connectivity index (χ4n) is 3.40. The summed E-state index contributed by atoms with van der Waals surface area (Å²) in [6.07, 6.45) is 2.44. The van der Waals surface area contributed by atoms with E-state index in [0.29, 0.717) is 18.0 Å². The Morgan fingerprint density at radius 3 is 2.14 bits per heavy atom. The maximum absolute atomic E-state index is 3.71. The molecule has 0 aliphatic heterocycles. The average Bonchev–Trinajstić information content (AvgIpc) is 2.48. The zero-order chi connectivity index (χ0) is 13.9. The first-order chi connectivity index (χ1) is 9.75. The van der Waals surface area contributed by atoms with Crippen LogP contribution in [-0.4, -0.2) is 6.04 Å². The number of halogens is 1. The van der Waals surface area contributed by atoms with E-state index in [1.54, 1.807) is 0 Å². The van der Waals surface area contributed by atoms with E-state index in [0.717, 1.165) is 0 Å². The molecule has 1 N–H and O–H groups in total. The summed E-state index contributed by atoms with van der Waals surface area (Å²) in [7, 11) is 0. The van der Waals surface area contributed by atoms with Crippen LogP contribution in [0.15, 0.2) is 54.6 Å². The van der Waals surface area contributed by atoms with Gasteiger partial charge in [-0.2, -0.15) is 0 Å². The number of hydrogen-bond acceptors (Lipinski definition) is 1. The molecule has 0 spiro atoms. The van der Waals surface area contributed by atoms with Gasteiger partial charge in [-0.3, -0.25) is 0 Å². The van der Waals surface area contributed by atoms with E-state index >= 15 is 0 Å². The van der Waals surface area contributed by atoms with E-state index in [9.17, 15) is 0 Å². The van der Waals surface area contributed by atoms with Gasteiger partial charge in [-0.15, -0.1) is 12.4 Å². The van der Waals surface area contributed by atoms with Crippen LogP contribution in [-0.2, 0) is 0 Å². The van der Waals surface area contributed by atoms with Crippen molar-refractivity contribution in [2.75, 3.05) is 0 Å². The summed E-state index contributed by atoms with van der Waals surface area (Å²) in [6, 6.07) is 20.9. The van der Waals surface area contributed by atoms with Gasteiger partial charge in [-0.1, -0.05) is 68.4 Å². The van der Waals surface area contributed by atoms with Crippen LogP contribution < -0.4 is 5.32 Å². The SMILES string of the molecule is CC(C)N[C@H]1CC[C@@H](c2ccccc2)c2ccccc21.Cl. The lowest BCUT2D eigenvalue weighted by molar-refractivity contribution is 0.409. The third kappa shape index (κ3) is 3.48. The second kappa shape index (κ2) is 7.11. The number of benzene rings is 2. The number of nitrogens with one attached hydrogen (secondary N) is 1. The molecule has 1 aliphatic rings. The van der Waals surface area contributed by atoms with Crippen molar-refractivity contribution in [2.45, 2.75) is 44.7 Å². The van der Waals surface area contributed by atoms with E-state index in [4.69, 9.17) is 0 Å². The normalized spacial score (nSPS) is 20.7. The van der Waals surface area contributed by atoms with Crippen LogP contribution in [0.3, 0.4) is 0 Å². The first-order valence-electron chi connectivity index (χ1n) is 7.65. The molecule has 1 nitrogen and oxygen atoms in total. The minimum absolute atomic E-state index is 0. The number of rotatable bonds is 3. The van der Waals surface area contributed by atoms with Gasteiger partial charge in [0.15, 0.2) is 0 Å². The fourth-order valence-corrected chi connectivity index (χ4v) is 3.40. The maximum atomic E-state index is 3.71. The summed E-state index contributed by atoms with van der Waals surface area (Å²) in [6.45, 7) is 4.46. The summed E-state index contributed by atoms with van der Waals surface area (Å²) in [4.78, 5) is 0. The Bertz CT molecular complexity index is 565. The van der Waals surface area contributed by atoms with Crippen molar-refractivity contribution in [2.24, 2.45) is 0 Å². The molecule has 21 heavy (non-hydrogen) atoms. The van der Waals surface area contributed by atoms with Crippen molar-refractivity contribution in [1.29, 1.82) is 0 Å². The van der Waals surface area contributed by atoms with Crippen LogP contribution in [0, 0.1) is 0 Å². The third-order valence-electron chi connectivity index (χ3n) is 4.23. The van der Waals surface area contributed by atoms with Gasteiger partial charge in [0.2, 0.25) is 0 Å². The van der Waals surface area contributed by atoms with E-state index in [1.807, 2.05) is 0 Å². The highest BCUT2D eigenvalue weighted by atomic mass is 35.5. The molecule has 0 bridgehead atoms. The number of fused-ring (bicyclic) bond motifs is 1. The molecule has 112 valence electrons. The van der Waals surface area contributed by atoms with Gasteiger partial charge in [0.1, 0.15) is 0 Å². The highest BCUT2D eigenvalue weighted by molar-refractivity contribution is 5.85. The zero-order valence-corrected chi connectivity index (χ0v) is 13.6. The second-order valence-corrected chi connectivity index (χ2v) is 6.04. The van der Waals surface area contributed by atoms with Crippen molar-refractivity contribution >= 4 is 12.4 Å². The summed E-state index contributed by atoms with van der Waals surface area (Å²) in [5.41, 5.74) is 4.44. The van der Waals surface area contributed by atoms with E-state index in [1.165, 1.54) is 29.5 Å². The van der Waals surface area contributed by atoms with Crippen LogP contribution in [0.4, 0.5) is 0 Å². The molecule has 0 aromatic heterocycles. The second-order valence-electron chi connectivity index (χ2n) is 6.04. The lowest BCUT2D eigenvalue weighted by Crippen LogP contribution is -2.31. The molecule has 1 aliphatic carbocycles. The standard InChI is InChI=1S/C19H23N.ClH/c1-14(2)20-19-13-12-16(15-8-4-3-5-9-15)17-10-6-7-11-18(17)19;/h3-11,14,16,19-20H,12-13H2,1-2H3;1H/t16-,19-;/m0./s1. The lowest BCUT2D eigenvalue weighted by atomic mass is 9.76. The molecule has 3 rings (SSSR count). The molecule has 0 fully saturated rings. The molecule has 0 unspecified atom stereocenters. The fraction of sp³-hybridized carbons (Fsp3) is 0.368. The Hall–Kier alpha value is -1.31. The molecular weight excluding hydrogens is 278 g/mol. The van der Waals surface area contributed by atoms with Gasteiger partial charge in [0, 0.05) is 18.0 Å². The van der Waals surface area contributed by atoms with E-state index in [-0.39, 0.29) is 12.4 Å². The van der Waals surface area contributed by atoms with Gasteiger partial charge in [-0.25, -0.2) is 0 Å². The maximum Gasteiger partial charge on any atom is 0.0325 e. The van der Waals surface area contributed by atoms with Crippen molar-refractivity contribution in [3.63, 3.8) is 0 Å². The van der Waals surface area contributed by atoms with Crippen molar-refractivity contribution < 1.29 is 0 Å². The quantitative estimate of drug-likeness (QED) is 0.834. The molecule has 2 atom stereocenters. The minimum atomic E-state index is 0. The van der Waals surface area contributed by atoms with Crippen molar-refractivity contribution in [3.05, 3.63) is 71.3 Å². The average molecular weight is 302 g/mol. The van der Waals surface area contributed by atoms with Crippen LogP contribution in [0.1, 0.15) is 55.3 Å². The molecule has 0 radical (unpaired) electrons. The molecule has 0 saturated carbocycles. The third-order valence-corrected chi connectivity index (χ3v) is 4.23. The molecule has 0 saturated heterocycles. The van der Waals surface area contributed by atoms with Crippen LogP contribution >= 0.6 is 12.4 Å². The molecule has 0 heterocycles. The smallest absolute Gasteiger partial charge is 0.0325 e. The summed E-state index contributed by atoms with van der Waals surface area (Å²) in [5, 5.41) is 3.71. The highest BCUT2D eigenvalue weighted by Crippen LogP contribution is 2.41. The van der Waals surface area contributed by atoms with Crippen LogP contribution in [0.25, 0.3) is 0 Å². The topological polar surface area (TPSA) is 12.0 Å². The Labute approximate surface area is 134 Å². The van der Waals surface area contributed by atoms with Crippen LogP contribution in [0.2, 0.25) is 0 Å². The van der Waals surface area contributed by atoms with E-state index < -0.39 is 0 Å². The first-order valence-corrected chi connectivity index (χ1v) is 7.65. The highest BCUT2D eigenvalue weighted by Gasteiger charge is 2.27. The van der Waals surface area contributed by atoms with Gasteiger partial charge < -0.3 is 5.32 Å². The van der Waals surface area contributed by atoms with Gasteiger partial charge in [0.25, 0.3) is 0 Å². The van der Waals surface area contributed by atoms with Crippen molar-refractivity contribution in [1.82, 2.24) is 5.32 Å². The van der Waals surface area contributed by atoms with Gasteiger partial charge in [0.05, 0.1) is 0 Å². The summed E-state index contributed by atoms with van der Waals surface area (Å²) in [5.74, 6) is 0.553. The minimum Gasteiger partial charge on any atom is -0.308 e. The molecule has 2 aromatic carbocycles. The van der Waals surface area contributed by atoms with Gasteiger partial charge >= 0.3 is 0 Å². The molecule has 2 aromatic rings. The van der Waals surface area contributed by atoms with Gasteiger partial charge in [-0.05, 0) is 29.5 Å². The monoisotopic (exact) mass is 301 g/mol. The molecular formula is C19H24ClN. The van der Waals surface area contributed by atoms with Crippen LogP contribution in [0.5, 0.6) is 0 Å². The lowest BCUT2D eigenvalue weighted by Gasteiger charge is -2.33. The Morgan fingerprint density at radius 1 is 0.857 bits per heavy atom. The summed E-state index contributed by atoms with van der Waals surface area (Å²) >= 11 is 0. The Kier molecular flexibility index (Phi) is 5.44. The predicted molar refractivity (Wildman–Crippen MR) is 92.2 cm³/mol. The Morgan fingerprint density at radius 2 is 1.48 bits per heavy atom. The Balaban J connectivity index is 0.00000161. The molecule has 0 amide bonds. The predicted octanol–water partition coefficient (Wildman–Crippen LogP) is 5.07. The van der Waals surface area contributed by atoms with E-state index in [2.05, 4.69) is 73.8 Å². The summed E-state index contributed by atoms with van der Waals surface area (Å²) < 4.78 is 0. The first kappa shape index (κ1) is 16.1. The van der Waals surface area contributed by atoms with Crippen molar-refractivity contribution in [3.8, 4) is 0 Å². The molecule has 2 heteroatoms. The largest absolute Gasteiger partial charge is 0.308 e. The number of hydrogen-bond donors (Lipinski definition) is 1.